The van der Waals surface area contributed by atoms with Gasteiger partial charge in [-0.25, -0.2) is 0 Å². The molecule has 1 heterocycles. The minimum absolute atomic E-state index is 0.234. The Hall–Kier alpha value is -2.73. The predicted octanol–water partition coefficient (Wildman–Crippen LogP) is 4.41. The van der Waals surface area contributed by atoms with Crippen LogP contribution >= 0.6 is 15.9 Å². The zero-order chi connectivity index (χ0) is 17.6. The number of aryl methyl sites for hydroxylation is 1. The van der Waals surface area contributed by atoms with E-state index in [9.17, 15) is 4.79 Å². The first-order valence-corrected chi connectivity index (χ1v) is 8.60. The van der Waals surface area contributed by atoms with Gasteiger partial charge in [-0.05, 0) is 52.7 Å². The fourth-order valence-corrected chi connectivity index (χ4v) is 2.69. The van der Waals surface area contributed by atoms with E-state index in [1.807, 2.05) is 18.2 Å². The number of nitrogens with zero attached hydrogens (tertiary/aromatic N) is 2. The molecule has 1 aromatic heterocycles. The second kappa shape index (κ2) is 7.90. The summed E-state index contributed by atoms with van der Waals surface area (Å²) in [6.45, 7) is 2.72. The number of halogens is 1. The number of nitrogens with one attached hydrogen (secondary N) is 2. The maximum atomic E-state index is 12.2. The van der Waals surface area contributed by atoms with Crippen molar-refractivity contribution in [3.05, 3.63) is 81.8 Å². The first kappa shape index (κ1) is 17.1. The average molecular weight is 397 g/mol. The number of carbonyl (C=O) groups is 1. The number of aromatic nitrogens is 2. The Morgan fingerprint density at radius 2 is 1.64 bits per heavy atom. The maximum absolute atomic E-state index is 12.2. The molecular formula is C19H17BrN4O. The molecule has 1 amide bonds. The number of anilines is 2. The molecule has 0 atom stereocenters. The van der Waals surface area contributed by atoms with Gasteiger partial charge in [0, 0.05) is 11.0 Å². The van der Waals surface area contributed by atoms with Crippen LogP contribution in [0.2, 0.25) is 0 Å². The van der Waals surface area contributed by atoms with Gasteiger partial charge in [0.15, 0.2) is 5.82 Å². The molecule has 0 radical (unpaired) electrons. The third kappa shape index (κ3) is 4.64. The molecule has 2 N–H and O–H groups in total. The quantitative estimate of drug-likeness (QED) is 0.669. The zero-order valence-electron chi connectivity index (χ0n) is 13.7. The summed E-state index contributed by atoms with van der Waals surface area (Å²) < 4.78 is 0.733. The lowest BCUT2D eigenvalue weighted by atomic mass is 10.1. The van der Waals surface area contributed by atoms with Crippen molar-refractivity contribution in [1.82, 2.24) is 10.2 Å². The third-order valence-corrected chi connectivity index (χ3v) is 4.31. The molecule has 0 aliphatic carbocycles. The van der Waals surface area contributed by atoms with Crippen LogP contribution in [0.1, 0.15) is 21.5 Å². The van der Waals surface area contributed by atoms with Gasteiger partial charge in [-0.1, -0.05) is 42.0 Å². The lowest BCUT2D eigenvalue weighted by Gasteiger charge is -2.08. The molecule has 6 heteroatoms. The molecule has 2 aromatic carbocycles. The van der Waals surface area contributed by atoms with E-state index >= 15 is 0 Å². The molecule has 0 spiro atoms. The molecule has 126 valence electrons. The van der Waals surface area contributed by atoms with Crippen molar-refractivity contribution < 1.29 is 4.79 Å². The Balaban J connectivity index is 1.59. The smallest absolute Gasteiger partial charge is 0.258 e. The van der Waals surface area contributed by atoms with Crippen molar-refractivity contribution in [1.29, 1.82) is 0 Å². The van der Waals surface area contributed by atoms with E-state index in [4.69, 9.17) is 0 Å². The highest BCUT2D eigenvalue weighted by Gasteiger charge is 2.10. The Kier molecular flexibility index (Phi) is 5.40. The molecule has 0 aliphatic rings. The monoisotopic (exact) mass is 396 g/mol. The van der Waals surface area contributed by atoms with Crippen molar-refractivity contribution in [3.63, 3.8) is 0 Å². The van der Waals surface area contributed by atoms with Gasteiger partial charge in [0.05, 0.1) is 5.56 Å². The highest BCUT2D eigenvalue weighted by Crippen LogP contribution is 2.17. The van der Waals surface area contributed by atoms with Gasteiger partial charge >= 0.3 is 0 Å². The summed E-state index contributed by atoms with van der Waals surface area (Å²) in [5.41, 5.74) is 2.94. The first-order chi connectivity index (χ1) is 12.1. The molecular weight excluding hydrogens is 380 g/mol. The Bertz CT molecular complexity index is 863. The van der Waals surface area contributed by atoms with E-state index in [0.29, 0.717) is 23.7 Å². The summed E-state index contributed by atoms with van der Waals surface area (Å²) >= 11 is 3.36. The summed E-state index contributed by atoms with van der Waals surface area (Å²) in [5.74, 6) is 0.822. The van der Waals surface area contributed by atoms with Gasteiger partial charge in [-0.2, -0.15) is 0 Å². The lowest BCUT2D eigenvalue weighted by Crippen LogP contribution is -2.14. The SMILES string of the molecule is Cc1ccc(CNc2ccc(NC(=O)c3ccccc3Br)nn2)cc1. The number of hydrogen-bond acceptors (Lipinski definition) is 4. The lowest BCUT2D eigenvalue weighted by molar-refractivity contribution is 0.102. The van der Waals surface area contributed by atoms with Gasteiger partial charge in [0.2, 0.25) is 0 Å². The van der Waals surface area contributed by atoms with E-state index in [2.05, 4.69) is 68.0 Å². The number of rotatable bonds is 5. The molecule has 0 bridgehead atoms. The van der Waals surface area contributed by atoms with Gasteiger partial charge in [-0.15, -0.1) is 10.2 Å². The van der Waals surface area contributed by atoms with E-state index in [1.165, 1.54) is 11.1 Å². The summed E-state index contributed by atoms with van der Waals surface area (Å²) in [6, 6.07) is 19.0. The Morgan fingerprint density at radius 1 is 0.960 bits per heavy atom. The average Bonchev–Trinajstić information content (AvgIpc) is 2.63. The molecule has 0 unspecified atom stereocenters. The molecule has 5 nitrogen and oxygen atoms in total. The van der Waals surface area contributed by atoms with Crippen LogP contribution in [0.5, 0.6) is 0 Å². The topological polar surface area (TPSA) is 66.9 Å². The fourth-order valence-electron chi connectivity index (χ4n) is 2.22. The largest absolute Gasteiger partial charge is 0.365 e. The highest BCUT2D eigenvalue weighted by atomic mass is 79.9. The molecule has 3 aromatic rings. The zero-order valence-corrected chi connectivity index (χ0v) is 15.2. The van der Waals surface area contributed by atoms with E-state index in [-0.39, 0.29) is 5.91 Å². The van der Waals surface area contributed by atoms with Gasteiger partial charge < -0.3 is 10.6 Å². The Morgan fingerprint density at radius 3 is 2.32 bits per heavy atom. The standard InChI is InChI=1S/C19H17BrN4O/c1-13-6-8-14(9-7-13)12-21-17-10-11-18(24-23-17)22-19(25)15-4-2-3-5-16(15)20/h2-11H,12H2,1H3,(H,21,23)(H,22,24,25). The van der Waals surface area contributed by atoms with Crippen LogP contribution < -0.4 is 10.6 Å². The summed E-state index contributed by atoms with van der Waals surface area (Å²) in [4.78, 5) is 12.2. The number of benzene rings is 2. The Labute approximate surface area is 154 Å². The molecule has 0 fully saturated rings. The van der Waals surface area contributed by atoms with Crippen molar-refractivity contribution >= 4 is 33.5 Å². The highest BCUT2D eigenvalue weighted by molar-refractivity contribution is 9.10. The van der Waals surface area contributed by atoms with E-state index in [1.54, 1.807) is 18.2 Å². The van der Waals surface area contributed by atoms with Crippen LogP contribution in [-0.2, 0) is 6.54 Å². The maximum Gasteiger partial charge on any atom is 0.258 e. The minimum Gasteiger partial charge on any atom is -0.365 e. The van der Waals surface area contributed by atoms with Crippen LogP contribution in [0.25, 0.3) is 0 Å². The van der Waals surface area contributed by atoms with E-state index in [0.717, 1.165) is 4.47 Å². The van der Waals surface area contributed by atoms with Crippen LogP contribution in [0.15, 0.2) is 65.1 Å². The van der Waals surface area contributed by atoms with Crippen LogP contribution in [0, 0.1) is 6.92 Å². The molecule has 0 aliphatic heterocycles. The van der Waals surface area contributed by atoms with Crippen LogP contribution in [0.4, 0.5) is 11.6 Å². The third-order valence-electron chi connectivity index (χ3n) is 3.62. The van der Waals surface area contributed by atoms with E-state index < -0.39 is 0 Å². The molecule has 0 saturated carbocycles. The number of amides is 1. The number of carbonyl (C=O) groups excluding carboxylic acids is 1. The normalized spacial score (nSPS) is 10.3. The minimum atomic E-state index is -0.234. The van der Waals surface area contributed by atoms with Crippen molar-refractivity contribution in [2.45, 2.75) is 13.5 Å². The number of hydrogen-bond donors (Lipinski definition) is 2. The summed E-state index contributed by atoms with van der Waals surface area (Å²) in [5, 5.41) is 14.1. The second-order valence-corrected chi connectivity index (χ2v) is 6.43. The first-order valence-electron chi connectivity index (χ1n) is 7.81. The summed E-state index contributed by atoms with van der Waals surface area (Å²) in [7, 11) is 0. The molecule has 0 saturated heterocycles. The van der Waals surface area contributed by atoms with Gasteiger partial charge in [0.25, 0.3) is 5.91 Å². The van der Waals surface area contributed by atoms with Crippen molar-refractivity contribution in [3.8, 4) is 0 Å². The van der Waals surface area contributed by atoms with Gasteiger partial charge in [-0.3, -0.25) is 4.79 Å². The van der Waals surface area contributed by atoms with Crippen molar-refractivity contribution in [2.75, 3.05) is 10.6 Å². The fraction of sp³-hybridized carbons (Fsp3) is 0.105. The predicted molar refractivity (Wildman–Crippen MR) is 103 cm³/mol. The molecule has 25 heavy (non-hydrogen) atoms. The molecule has 3 rings (SSSR count). The van der Waals surface area contributed by atoms with Crippen molar-refractivity contribution in [2.24, 2.45) is 0 Å². The van der Waals surface area contributed by atoms with Gasteiger partial charge in [0.1, 0.15) is 5.82 Å². The summed E-state index contributed by atoms with van der Waals surface area (Å²) in [6.07, 6.45) is 0. The van der Waals surface area contributed by atoms with Crippen LogP contribution in [-0.4, -0.2) is 16.1 Å². The second-order valence-electron chi connectivity index (χ2n) is 5.58. The van der Waals surface area contributed by atoms with Crippen LogP contribution in [0.3, 0.4) is 0 Å².